The number of aliphatic imine (C=N–C) groups is 1. The first-order chi connectivity index (χ1) is 15.2. The van der Waals surface area contributed by atoms with E-state index in [0.717, 1.165) is 32.4 Å². The van der Waals surface area contributed by atoms with Crippen LogP contribution in [0.1, 0.15) is 32.8 Å². The van der Waals surface area contributed by atoms with E-state index in [-0.39, 0.29) is 11.5 Å². The molecule has 0 aliphatic carbocycles. The number of aryl methyl sites for hydroxylation is 3. The molecular weight excluding hydrogens is 492 g/mol. The molecule has 1 amide bonds. The van der Waals surface area contributed by atoms with Crippen molar-refractivity contribution >= 4 is 56.5 Å². The summed E-state index contributed by atoms with van der Waals surface area (Å²) in [5.74, 6) is -0.0840. The monoisotopic (exact) mass is 510 g/mol. The topological polar surface area (TPSA) is 91.9 Å². The first kappa shape index (κ1) is 22.1. The number of carbonyl (C=O) groups is 2. The van der Waals surface area contributed by atoms with Gasteiger partial charge in [0.2, 0.25) is 0 Å². The molecule has 0 radical (unpaired) electrons. The third-order valence-corrected chi connectivity index (χ3v) is 7.10. The fraction of sp³-hybridized carbons (Fsp3) is 0.125. The lowest BCUT2D eigenvalue weighted by Crippen LogP contribution is -2.19. The molecule has 32 heavy (non-hydrogen) atoms. The second kappa shape index (κ2) is 8.80. The minimum atomic E-state index is -0.972. The molecule has 1 aliphatic heterocycles. The number of hydrogen-bond acceptors (Lipinski definition) is 5. The van der Waals surface area contributed by atoms with Gasteiger partial charge in [0, 0.05) is 16.1 Å². The number of hydrogen-bond donors (Lipinski definition) is 2. The SMILES string of the molecule is Cc1cc(C(=O)O)ccc1-c1ccc(/C=C2\SC(=Nc3cc(C)c(Br)c(C)c3)NC2=O)o1. The molecule has 0 unspecified atom stereocenters. The number of thioether (sulfide) groups is 1. The van der Waals surface area contributed by atoms with Crippen LogP contribution >= 0.6 is 27.7 Å². The Morgan fingerprint density at radius 2 is 1.81 bits per heavy atom. The summed E-state index contributed by atoms with van der Waals surface area (Å²) in [6.45, 7) is 5.83. The lowest BCUT2D eigenvalue weighted by atomic mass is 10.0. The van der Waals surface area contributed by atoms with Gasteiger partial charge < -0.3 is 14.8 Å². The van der Waals surface area contributed by atoms with E-state index >= 15 is 0 Å². The number of halogens is 1. The Labute approximate surface area is 197 Å². The van der Waals surface area contributed by atoms with Gasteiger partial charge >= 0.3 is 5.97 Å². The highest BCUT2D eigenvalue weighted by Crippen LogP contribution is 2.32. The number of nitrogens with zero attached hydrogens (tertiary/aromatic N) is 1. The van der Waals surface area contributed by atoms with Crippen LogP contribution in [-0.4, -0.2) is 22.2 Å². The third-order valence-electron chi connectivity index (χ3n) is 4.94. The summed E-state index contributed by atoms with van der Waals surface area (Å²) >= 11 is 4.80. The minimum Gasteiger partial charge on any atom is -0.478 e. The predicted molar refractivity (Wildman–Crippen MR) is 130 cm³/mol. The summed E-state index contributed by atoms with van der Waals surface area (Å²) < 4.78 is 6.94. The number of benzene rings is 2. The number of amides is 1. The lowest BCUT2D eigenvalue weighted by Gasteiger charge is -2.04. The molecule has 1 aliphatic rings. The number of aromatic carboxylic acids is 1. The van der Waals surface area contributed by atoms with Gasteiger partial charge in [-0.05, 0) is 85.6 Å². The Balaban J connectivity index is 1.56. The zero-order chi connectivity index (χ0) is 23.0. The van der Waals surface area contributed by atoms with Crippen LogP contribution in [0.15, 0.2) is 61.3 Å². The summed E-state index contributed by atoms with van der Waals surface area (Å²) in [5.41, 5.74) is 4.73. The van der Waals surface area contributed by atoms with Gasteiger partial charge in [0.1, 0.15) is 11.5 Å². The van der Waals surface area contributed by atoms with Gasteiger partial charge in [-0.15, -0.1) is 0 Å². The maximum Gasteiger partial charge on any atom is 0.335 e. The molecule has 8 heteroatoms. The first-order valence-corrected chi connectivity index (χ1v) is 11.3. The van der Waals surface area contributed by atoms with Crippen molar-refractivity contribution in [2.75, 3.05) is 0 Å². The van der Waals surface area contributed by atoms with Crippen LogP contribution in [0.5, 0.6) is 0 Å². The largest absolute Gasteiger partial charge is 0.478 e. The maximum absolute atomic E-state index is 12.4. The summed E-state index contributed by atoms with van der Waals surface area (Å²) in [6, 6.07) is 12.3. The number of nitrogens with one attached hydrogen (secondary N) is 1. The van der Waals surface area contributed by atoms with Gasteiger partial charge in [-0.25, -0.2) is 9.79 Å². The molecule has 0 spiro atoms. The zero-order valence-electron chi connectivity index (χ0n) is 17.5. The van der Waals surface area contributed by atoms with Crippen LogP contribution in [0.4, 0.5) is 5.69 Å². The van der Waals surface area contributed by atoms with E-state index in [1.807, 2.05) is 32.9 Å². The molecule has 2 N–H and O–H groups in total. The zero-order valence-corrected chi connectivity index (χ0v) is 19.9. The van der Waals surface area contributed by atoms with Crippen LogP contribution in [0.2, 0.25) is 0 Å². The highest BCUT2D eigenvalue weighted by atomic mass is 79.9. The van der Waals surface area contributed by atoms with Gasteiger partial charge in [-0.3, -0.25) is 4.79 Å². The molecule has 6 nitrogen and oxygen atoms in total. The van der Waals surface area contributed by atoms with E-state index in [1.54, 1.807) is 36.4 Å². The van der Waals surface area contributed by atoms with Crippen LogP contribution in [0.25, 0.3) is 17.4 Å². The van der Waals surface area contributed by atoms with Crippen LogP contribution in [0.3, 0.4) is 0 Å². The van der Waals surface area contributed by atoms with Crippen molar-refractivity contribution in [3.8, 4) is 11.3 Å². The summed E-state index contributed by atoms with van der Waals surface area (Å²) in [6.07, 6.45) is 1.67. The Kier molecular flexibility index (Phi) is 6.08. The molecule has 2 aromatic carbocycles. The standard InChI is InChI=1S/C24H19BrN2O4S/c1-12-8-15(23(29)30)4-6-18(12)19-7-5-17(31-19)11-20-22(28)27-24(32-20)26-16-9-13(2)21(25)14(3)10-16/h4-11H,1-3H3,(H,29,30)(H,26,27,28)/b20-11-. The highest BCUT2D eigenvalue weighted by Gasteiger charge is 2.24. The molecule has 1 aromatic heterocycles. The normalized spacial score (nSPS) is 16.1. The molecule has 0 bridgehead atoms. The quantitative estimate of drug-likeness (QED) is 0.406. The van der Waals surface area contributed by atoms with Crippen molar-refractivity contribution in [3.63, 3.8) is 0 Å². The van der Waals surface area contributed by atoms with E-state index in [0.29, 0.717) is 21.6 Å². The van der Waals surface area contributed by atoms with Crippen molar-refractivity contribution in [1.29, 1.82) is 0 Å². The van der Waals surface area contributed by atoms with Crippen LogP contribution in [-0.2, 0) is 4.79 Å². The molecular formula is C24H19BrN2O4S. The molecule has 1 saturated heterocycles. The molecule has 4 rings (SSSR count). The second-order valence-corrected chi connectivity index (χ2v) is 9.24. The molecule has 1 fully saturated rings. The van der Waals surface area contributed by atoms with Crippen molar-refractivity contribution in [1.82, 2.24) is 5.32 Å². The Morgan fingerprint density at radius 1 is 1.09 bits per heavy atom. The number of carboxylic acid groups (broad SMARTS) is 1. The van der Waals surface area contributed by atoms with Crippen molar-refractivity contribution in [3.05, 3.63) is 79.9 Å². The van der Waals surface area contributed by atoms with Gasteiger partial charge in [-0.2, -0.15) is 0 Å². The number of carbonyl (C=O) groups excluding carboxylic acids is 1. The lowest BCUT2D eigenvalue weighted by molar-refractivity contribution is -0.115. The van der Waals surface area contributed by atoms with Crippen molar-refractivity contribution in [2.24, 2.45) is 4.99 Å². The number of rotatable bonds is 4. The minimum absolute atomic E-state index is 0.224. The molecule has 162 valence electrons. The van der Waals surface area contributed by atoms with Gasteiger partial charge in [0.05, 0.1) is 16.2 Å². The molecule has 3 aromatic rings. The number of amidine groups is 1. The van der Waals surface area contributed by atoms with E-state index in [1.165, 1.54) is 11.8 Å². The van der Waals surface area contributed by atoms with Gasteiger partial charge in [-0.1, -0.05) is 22.0 Å². The highest BCUT2D eigenvalue weighted by molar-refractivity contribution is 9.10. The summed E-state index contributed by atoms with van der Waals surface area (Å²) in [5, 5.41) is 12.4. The summed E-state index contributed by atoms with van der Waals surface area (Å²) in [7, 11) is 0. The van der Waals surface area contributed by atoms with Gasteiger partial charge in [0.25, 0.3) is 5.91 Å². The number of furan rings is 1. The Hall–Kier alpha value is -3.10. The summed E-state index contributed by atoms with van der Waals surface area (Å²) in [4.78, 5) is 28.6. The molecule has 0 saturated carbocycles. The smallest absolute Gasteiger partial charge is 0.335 e. The Morgan fingerprint density at radius 3 is 2.47 bits per heavy atom. The Bertz CT molecular complexity index is 1300. The molecule has 2 heterocycles. The third kappa shape index (κ3) is 4.56. The number of carboxylic acids is 1. The van der Waals surface area contributed by atoms with E-state index in [2.05, 4.69) is 26.2 Å². The second-order valence-electron chi connectivity index (χ2n) is 7.41. The van der Waals surface area contributed by atoms with Crippen LogP contribution < -0.4 is 5.32 Å². The maximum atomic E-state index is 12.4. The fourth-order valence-corrected chi connectivity index (χ4v) is 4.41. The van der Waals surface area contributed by atoms with E-state index in [4.69, 9.17) is 9.52 Å². The average Bonchev–Trinajstić information content (AvgIpc) is 3.32. The van der Waals surface area contributed by atoms with Crippen LogP contribution in [0, 0.1) is 20.8 Å². The predicted octanol–water partition coefficient (Wildman–Crippen LogP) is 6.22. The van der Waals surface area contributed by atoms with Gasteiger partial charge in [0.15, 0.2) is 5.17 Å². The van der Waals surface area contributed by atoms with Crippen molar-refractivity contribution in [2.45, 2.75) is 20.8 Å². The molecule has 0 atom stereocenters. The van der Waals surface area contributed by atoms with E-state index < -0.39 is 5.97 Å². The average molecular weight is 511 g/mol. The first-order valence-electron chi connectivity index (χ1n) is 9.72. The van der Waals surface area contributed by atoms with E-state index in [9.17, 15) is 9.59 Å². The van der Waals surface area contributed by atoms with Crippen molar-refractivity contribution < 1.29 is 19.1 Å². The fourth-order valence-electron chi connectivity index (χ4n) is 3.36.